The largest absolute Gasteiger partial charge is 0.393 e. The first kappa shape index (κ1) is 16.9. The molecule has 0 atom stereocenters. The lowest BCUT2D eigenvalue weighted by atomic mass is 10.1. The highest BCUT2D eigenvalue weighted by Gasteiger charge is 2.09. The fraction of sp³-hybridized carbons (Fsp3) is 0.167. The van der Waals surface area contributed by atoms with E-state index < -0.39 is 0 Å². The van der Waals surface area contributed by atoms with E-state index in [4.69, 9.17) is 5.73 Å². The predicted molar refractivity (Wildman–Crippen MR) is 103 cm³/mol. The van der Waals surface area contributed by atoms with Crippen LogP contribution in [0, 0.1) is 0 Å². The summed E-state index contributed by atoms with van der Waals surface area (Å²) >= 11 is 1.73. The number of nitrogens with one attached hydrogen (secondary N) is 2. The van der Waals surface area contributed by atoms with Crippen LogP contribution in [0.2, 0.25) is 0 Å². The highest BCUT2D eigenvalue weighted by Crippen LogP contribution is 2.26. The smallest absolute Gasteiger partial charge is 0.159 e. The number of carbonyl (C=O) groups excluding carboxylic acids is 1. The summed E-state index contributed by atoms with van der Waals surface area (Å²) in [5, 5.41) is 8.45. The van der Waals surface area contributed by atoms with Crippen molar-refractivity contribution < 1.29 is 4.79 Å². The van der Waals surface area contributed by atoms with Crippen molar-refractivity contribution in [3.05, 3.63) is 58.5 Å². The molecule has 1 aromatic carbocycles. The van der Waals surface area contributed by atoms with Crippen molar-refractivity contribution in [2.75, 3.05) is 22.9 Å². The molecule has 0 bridgehead atoms. The number of nitrogen functional groups attached to an aromatic ring is 1. The molecule has 0 amide bonds. The summed E-state index contributed by atoms with van der Waals surface area (Å²) in [7, 11) is 0. The number of hydrogen-bond donors (Lipinski definition) is 3. The minimum Gasteiger partial charge on any atom is -0.393 e. The van der Waals surface area contributed by atoms with E-state index in [9.17, 15) is 4.79 Å². The topological polar surface area (TPSA) is 92.9 Å². The summed E-state index contributed by atoms with van der Waals surface area (Å²) in [6.45, 7) is 2.27. The third-order valence-electron chi connectivity index (χ3n) is 3.66. The Balaban J connectivity index is 1.70. The Bertz CT molecular complexity index is 864. The van der Waals surface area contributed by atoms with Gasteiger partial charge in [0, 0.05) is 22.7 Å². The van der Waals surface area contributed by atoms with Crippen LogP contribution < -0.4 is 16.4 Å². The van der Waals surface area contributed by atoms with Gasteiger partial charge in [0.2, 0.25) is 0 Å². The average molecular weight is 353 g/mol. The van der Waals surface area contributed by atoms with Gasteiger partial charge in [0.15, 0.2) is 17.4 Å². The van der Waals surface area contributed by atoms with Crippen LogP contribution in [0.25, 0.3) is 0 Å². The molecule has 6 nitrogen and oxygen atoms in total. The van der Waals surface area contributed by atoms with Crippen LogP contribution in [0.1, 0.15) is 22.2 Å². The monoisotopic (exact) mass is 353 g/mol. The quantitative estimate of drug-likeness (QED) is 0.561. The first-order valence-corrected chi connectivity index (χ1v) is 8.76. The fourth-order valence-electron chi connectivity index (χ4n) is 2.35. The van der Waals surface area contributed by atoms with Crippen LogP contribution in [-0.4, -0.2) is 22.3 Å². The summed E-state index contributed by atoms with van der Waals surface area (Å²) in [5.41, 5.74) is 8.00. The Morgan fingerprint density at radius 3 is 2.80 bits per heavy atom. The van der Waals surface area contributed by atoms with Gasteiger partial charge in [0.1, 0.15) is 12.0 Å². The van der Waals surface area contributed by atoms with Crippen molar-refractivity contribution in [2.45, 2.75) is 13.3 Å². The molecule has 0 radical (unpaired) electrons. The van der Waals surface area contributed by atoms with Crippen LogP contribution in [0.3, 0.4) is 0 Å². The number of thiophene rings is 1. The van der Waals surface area contributed by atoms with E-state index >= 15 is 0 Å². The molecule has 0 spiro atoms. The van der Waals surface area contributed by atoms with E-state index in [1.807, 2.05) is 18.2 Å². The minimum absolute atomic E-state index is 0.00948. The van der Waals surface area contributed by atoms with E-state index in [1.54, 1.807) is 23.5 Å². The molecule has 0 saturated heterocycles. The van der Waals surface area contributed by atoms with Crippen molar-refractivity contribution in [3.63, 3.8) is 0 Å². The zero-order valence-corrected chi connectivity index (χ0v) is 14.6. The maximum atomic E-state index is 11.5. The van der Waals surface area contributed by atoms with Gasteiger partial charge in [0.25, 0.3) is 0 Å². The van der Waals surface area contributed by atoms with Gasteiger partial charge in [-0.3, -0.25) is 4.79 Å². The third-order valence-corrected chi connectivity index (χ3v) is 4.60. The lowest BCUT2D eigenvalue weighted by molar-refractivity contribution is 0.101. The zero-order chi connectivity index (χ0) is 17.6. The highest BCUT2D eigenvalue weighted by atomic mass is 32.1. The Hall–Kier alpha value is -2.93. The second kappa shape index (κ2) is 7.76. The lowest BCUT2D eigenvalue weighted by Gasteiger charge is -2.12. The lowest BCUT2D eigenvalue weighted by Crippen LogP contribution is -2.10. The standard InChI is InChI=1S/C18H19N5OS/c1-12(24)13-4-2-5-14(10-13)23-18-16(19)17(21-11-22-18)20-8-7-15-6-3-9-25-15/h2-6,9-11H,7-8,19H2,1H3,(H2,20,21,22,23). The number of benzene rings is 1. The van der Waals surface area contributed by atoms with Crippen molar-refractivity contribution in [1.82, 2.24) is 9.97 Å². The van der Waals surface area contributed by atoms with Gasteiger partial charge in [-0.05, 0) is 36.9 Å². The molecule has 0 aliphatic rings. The van der Waals surface area contributed by atoms with E-state index in [2.05, 4.69) is 32.0 Å². The van der Waals surface area contributed by atoms with Crippen LogP contribution in [0.5, 0.6) is 0 Å². The molecule has 7 heteroatoms. The number of Topliss-reactive ketones (excluding diaryl/α,β-unsaturated/α-hetero) is 1. The van der Waals surface area contributed by atoms with Crippen LogP contribution in [-0.2, 0) is 6.42 Å². The zero-order valence-electron chi connectivity index (χ0n) is 13.8. The van der Waals surface area contributed by atoms with E-state index in [0.29, 0.717) is 22.9 Å². The molecule has 2 heterocycles. The van der Waals surface area contributed by atoms with E-state index in [-0.39, 0.29) is 5.78 Å². The summed E-state index contributed by atoms with van der Waals surface area (Å²) in [5.74, 6) is 1.11. The molecule has 0 aliphatic carbocycles. The van der Waals surface area contributed by atoms with Gasteiger partial charge < -0.3 is 16.4 Å². The average Bonchev–Trinajstić information content (AvgIpc) is 3.12. The number of nitrogens with two attached hydrogens (primary N) is 1. The Morgan fingerprint density at radius 1 is 1.20 bits per heavy atom. The molecule has 0 fully saturated rings. The van der Waals surface area contributed by atoms with Crippen LogP contribution >= 0.6 is 11.3 Å². The number of carbonyl (C=O) groups is 1. The van der Waals surface area contributed by atoms with E-state index in [1.165, 1.54) is 18.1 Å². The van der Waals surface area contributed by atoms with Gasteiger partial charge in [0.05, 0.1) is 0 Å². The number of hydrogen-bond acceptors (Lipinski definition) is 7. The first-order chi connectivity index (χ1) is 12.1. The van der Waals surface area contributed by atoms with Crippen molar-refractivity contribution in [3.8, 4) is 0 Å². The third kappa shape index (κ3) is 4.33. The fourth-order valence-corrected chi connectivity index (χ4v) is 3.06. The molecule has 128 valence electrons. The molecule has 0 unspecified atom stereocenters. The summed E-state index contributed by atoms with van der Waals surface area (Å²) in [6, 6.07) is 11.4. The molecule has 0 aliphatic heterocycles. The maximum Gasteiger partial charge on any atom is 0.159 e. The Kier molecular flexibility index (Phi) is 5.25. The van der Waals surface area contributed by atoms with Gasteiger partial charge in [-0.25, -0.2) is 9.97 Å². The summed E-state index contributed by atoms with van der Waals surface area (Å²) in [6.07, 6.45) is 2.37. The van der Waals surface area contributed by atoms with Crippen molar-refractivity contribution >= 4 is 40.1 Å². The molecular weight excluding hydrogens is 334 g/mol. The number of ketones is 1. The summed E-state index contributed by atoms with van der Waals surface area (Å²) in [4.78, 5) is 21.2. The SMILES string of the molecule is CC(=O)c1cccc(Nc2ncnc(NCCc3cccs3)c2N)c1. The van der Waals surface area contributed by atoms with Gasteiger partial charge in [-0.2, -0.15) is 0 Å². The minimum atomic E-state index is 0.00948. The molecule has 3 rings (SSSR count). The first-order valence-electron chi connectivity index (χ1n) is 7.88. The maximum absolute atomic E-state index is 11.5. The second-order valence-electron chi connectivity index (χ2n) is 5.50. The van der Waals surface area contributed by atoms with Gasteiger partial charge in [-0.15, -0.1) is 11.3 Å². The molecule has 25 heavy (non-hydrogen) atoms. The predicted octanol–water partition coefficient (Wildman–Crippen LogP) is 3.72. The molecular formula is C18H19N5OS. The molecule has 4 N–H and O–H groups in total. The molecule has 3 aromatic rings. The summed E-state index contributed by atoms with van der Waals surface area (Å²) < 4.78 is 0. The number of anilines is 4. The molecule has 0 saturated carbocycles. The van der Waals surface area contributed by atoms with E-state index in [0.717, 1.165) is 18.7 Å². The second-order valence-corrected chi connectivity index (χ2v) is 6.53. The van der Waals surface area contributed by atoms with Crippen molar-refractivity contribution in [2.24, 2.45) is 0 Å². The molecule has 2 aromatic heterocycles. The van der Waals surface area contributed by atoms with Crippen molar-refractivity contribution in [1.29, 1.82) is 0 Å². The number of rotatable bonds is 7. The van der Waals surface area contributed by atoms with Crippen LogP contribution in [0.15, 0.2) is 48.1 Å². The normalized spacial score (nSPS) is 10.4. The van der Waals surface area contributed by atoms with Crippen LogP contribution in [0.4, 0.5) is 23.0 Å². The number of aromatic nitrogens is 2. The highest BCUT2D eigenvalue weighted by molar-refractivity contribution is 7.09. The Morgan fingerprint density at radius 2 is 2.04 bits per heavy atom. The number of nitrogens with zero attached hydrogens (tertiary/aromatic N) is 2. The van der Waals surface area contributed by atoms with Gasteiger partial charge >= 0.3 is 0 Å². The van der Waals surface area contributed by atoms with Gasteiger partial charge in [-0.1, -0.05) is 18.2 Å². The Labute approximate surface area is 150 Å².